The van der Waals surface area contributed by atoms with Crippen LogP contribution in [0.2, 0.25) is 0 Å². The van der Waals surface area contributed by atoms with Crippen molar-refractivity contribution in [3.8, 4) is 0 Å². The number of halogens is 7. The van der Waals surface area contributed by atoms with Crippen LogP contribution in [0.25, 0.3) is 0 Å². The first kappa shape index (κ1) is 17.3. The fourth-order valence-corrected chi connectivity index (χ4v) is 2.84. The predicted octanol–water partition coefficient (Wildman–Crippen LogP) is 3.18. The van der Waals surface area contributed by atoms with Crippen LogP contribution in [0.4, 0.5) is 35.9 Å². The van der Waals surface area contributed by atoms with Crippen LogP contribution in [0.15, 0.2) is 6.20 Å². The fourth-order valence-electron chi connectivity index (χ4n) is 2.01. The summed E-state index contributed by atoms with van der Waals surface area (Å²) in [7, 11) is 0. The van der Waals surface area contributed by atoms with E-state index in [1.165, 1.54) is 9.80 Å². The highest BCUT2D eigenvalue weighted by Crippen LogP contribution is 2.36. The lowest BCUT2D eigenvalue weighted by Crippen LogP contribution is -2.51. The van der Waals surface area contributed by atoms with E-state index in [9.17, 15) is 30.7 Å². The number of hydrogen-bond donors (Lipinski definition) is 0. The van der Waals surface area contributed by atoms with Gasteiger partial charge in [0.1, 0.15) is 4.88 Å². The third-order valence-corrected chi connectivity index (χ3v) is 4.27. The largest absolute Gasteiger partial charge is 0.427 e. The van der Waals surface area contributed by atoms with E-state index in [4.69, 9.17) is 0 Å². The van der Waals surface area contributed by atoms with Gasteiger partial charge in [0.25, 0.3) is 0 Å². The molecular weight excluding hydrogens is 339 g/mol. The Bertz CT molecular complexity index is 494. The first-order valence-electron chi connectivity index (χ1n) is 6.26. The van der Waals surface area contributed by atoms with E-state index in [0.717, 1.165) is 6.20 Å². The van der Waals surface area contributed by atoms with Crippen molar-refractivity contribution in [3.63, 3.8) is 0 Å². The number of nitrogens with zero attached hydrogens (tertiary/aromatic N) is 3. The average Bonchev–Trinajstić information content (AvgIpc) is 2.88. The Morgan fingerprint density at radius 1 is 1.09 bits per heavy atom. The molecule has 0 bridgehead atoms. The molecule has 2 rings (SSSR count). The van der Waals surface area contributed by atoms with Gasteiger partial charge in [-0.15, -0.1) is 0 Å². The lowest BCUT2D eigenvalue weighted by atomic mass is 10.2. The molecule has 0 radical (unpaired) electrons. The highest BCUT2D eigenvalue weighted by atomic mass is 32.1. The van der Waals surface area contributed by atoms with Crippen molar-refractivity contribution >= 4 is 16.5 Å². The van der Waals surface area contributed by atoms with Crippen LogP contribution in [0.3, 0.4) is 0 Å². The molecule has 0 saturated carbocycles. The standard InChI is InChI=1S/C11H12F7N3S/c12-8(13)10(14,15)6-20-1-3-21(4-2-20)9-19-5-7(22-9)11(16,17)18/h5,8H,1-4,6H2. The number of hydrogen-bond acceptors (Lipinski definition) is 4. The molecule has 0 unspecified atom stereocenters. The Hall–Kier alpha value is -1.10. The van der Waals surface area contributed by atoms with Crippen LogP contribution < -0.4 is 4.90 Å². The minimum absolute atomic E-state index is 0.0588. The number of piperazine rings is 1. The van der Waals surface area contributed by atoms with E-state index in [1.54, 1.807) is 0 Å². The number of aromatic nitrogens is 1. The second kappa shape index (κ2) is 6.19. The molecular formula is C11H12F7N3S. The summed E-state index contributed by atoms with van der Waals surface area (Å²) < 4.78 is 87.6. The van der Waals surface area contributed by atoms with Crippen molar-refractivity contribution in [2.75, 3.05) is 37.6 Å². The van der Waals surface area contributed by atoms with Crippen molar-refractivity contribution in [2.45, 2.75) is 18.5 Å². The van der Waals surface area contributed by atoms with Gasteiger partial charge in [-0.1, -0.05) is 11.3 Å². The normalized spacial score (nSPS) is 18.3. The Morgan fingerprint density at radius 3 is 2.14 bits per heavy atom. The van der Waals surface area contributed by atoms with Crippen LogP contribution in [0.5, 0.6) is 0 Å². The van der Waals surface area contributed by atoms with E-state index in [-0.39, 0.29) is 31.3 Å². The van der Waals surface area contributed by atoms with Gasteiger partial charge in [0.2, 0.25) is 0 Å². The number of rotatable bonds is 4. The van der Waals surface area contributed by atoms with E-state index in [1.807, 2.05) is 0 Å². The van der Waals surface area contributed by atoms with Crippen LogP contribution in [-0.4, -0.2) is 55.0 Å². The first-order chi connectivity index (χ1) is 10.1. The van der Waals surface area contributed by atoms with E-state index < -0.39 is 29.9 Å². The van der Waals surface area contributed by atoms with Crippen LogP contribution >= 0.6 is 11.3 Å². The summed E-state index contributed by atoms with van der Waals surface area (Å²) in [6, 6.07) is 0. The van der Waals surface area contributed by atoms with Gasteiger partial charge in [0, 0.05) is 26.2 Å². The molecule has 1 fully saturated rings. The maximum atomic E-state index is 12.9. The summed E-state index contributed by atoms with van der Waals surface area (Å²) in [4.78, 5) is 5.53. The van der Waals surface area contributed by atoms with Crippen molar-refractivity contribution in [2.24, 2.45) is 0 Å². The highest BCUT2D eigenvalue weighted by molar-refractivity contribution is 7.15. The van der Waals surface area contributed by atoms with Gasteiger partial charge in [-0.25, -0.2) is 13.8 Å². The van der Waals surface area contributed by atoms with Gasteiger partial charge in [0.15, 0.2) is 5.13 Å². The molecule has 0 amide bonds. The summed E-state index contributed by atoms with van der Waals surface area (Å²) in [6.45, 7) is -0.634. The molecule has 0 aromatic carbocycles. The van der Waals surface area contributed by atoms with Crippen LogP contribution in [-0.2, 0) is 6.18 Å². The van der Waals surface area contributed by atoms with Gasteiger partial charge in [-0.2, -0.15) is 22.0 Å². The molecule has 1 aliphatic heterocycles. The zero-order chi connectivity index (χ0) is 16.5. The number of anilines is 1. The Balaban J connectivity index is 1.91. The van der Waals surface area contributed by atoms with Gasteiger partial charge in [-0.3, -0.25) is 4.90 Å². The highest BCUT2D eigenvalue weighted by Gasteiger charge is 2.42. The molecule has 1 saturated heterocycles. The lowest BCUT2D eigenvalue weighted by Gasteiger charge is -2.35. The van der Waals surface area contributed by atoms with E-state index in [2.05, 4.69) is 4.98 Å². The van der Waals surface area contributed by atoms with E-state index in [0.29, 0.717) is 11.3 Å². The van der Waals surface area contributed by atoms with Gasteiger partial charge in [0.05, 0.1) is 12.7 Å². The molecule has 1 aromatic rings. The van der Waals surface area contributed by atoms with E-state index >= 15 is 0 Å². The van der Waals surface area contributed by atoms with Crippen molar-refractivity contribution in [1.82, 2.24) is 9.88 Å². The molecule has 11 heteroatoms. The first-order valence-corrected chi connectivity index (χ1v) is 7.07. The Kier molecular flexibility index (Phi) is 4.85. The maximum Gasteiger partial charge on any atom is 0.427 e. The average molecular weight is 351 g/mol. The molecule has 0 spiro atoms. The minimum Gasteiger partial charge on any atom is -0.346 e. The summed E-state index contributed by atoms with van der Waals surface area (Å²) in [5, 5.41) is 0.146. The van der Waals surface area contributed by atoms with Crippen molar-refractivity contribution in [1.29, 1.82) is 0 Å². The minimum atomic E-state index is -4.48. The quantitative estimate of drug-likeness (QED) is 0.777. The topological polar surface area (TPSA) is 19.4 Å². The lowest BCUT2D eigenvalue weighted by molar-refractivity contribution is -0.142. The summed E-state index contributed by atoms with van der Waals surface area (Å²) in [5.74, 6) is -4.09. The summed E-state index contributed by atoms with van der Waals surface area (Å²) in [5.41, 5.74) is 0. The second-order valence-corrected chi connectivity index (χ2v) is 5.84. The van der Waals surface area contributed by atoms with Crippen molar-refractivity contribution in [3.05, 3.63) is 11.1 Å². The third kappa shape index (κ3) is 4.00. The van der Waals surface area contributed by atoms with Gasteiger partial charge >= 0.3 is 18.5 Å². The summed E-state index contributed by atoms with van der Waals surface area (Å²) >= 11 is 0.469. The Morgan fingerprint density at radius 2 is 1.68 bits per heavy atom. The summed E-state index contributed by atoms with van der Waals surface area (Å²) in [6.07, 6.45) is -7.49. The van der Waals surface area contributed by atoms with Crippen LogP contribution in [0.1, 0.15) is 4.88 Å². The molecule has 126 valence electrons. The number of alkyl halides is 7. The zero-order valence-electron chi connectivity index (χ0n) is 11.1. The second-order valence-electron chi connectivity index (χ2n) is 4.83. The smallest absolute Gasteiger partial charge is 0.346 e. The molecule has 3 nitrogen and oxygen atoms in total. The van der Waals surface area contributed by atoms with Gasteiger partial charge < -0.3 is 4.90 Å². The molecule has 0 atom stereocenters. The zero-order valence-corrected chi connectivity index (χ0v) is 11.9. The molecule has 2 heterocycles. The van der Waals surface area contributed by atoms with Gasteiger partial charge in [-0.05, 0) is 0 Å². The maximum absolute atomic E-state index is 12.9. The molecule has 1 aromatic heterocycles. The van der Waals surface area contributed by atoms with Crippen molar-refractivity contribution < 1.29 is 30.7 Å². The predicted molar refractivity (Wildman–Crippen MR) is 66.7 cm³/mol. The number of thiazole rings is 1. The molecule has 0 N–H and O–H groups in total. The molecule has 22 heavy (non-hydrogen) atoms. The molecule has 0 aliphatic carbocycles. The monoisotopic (exact) mass is 351 g/mol. The Labute approximate surface area is 125 Å². The fraction of sp³-hybridized carbons (Fsp3) is 0.727. The SMILES string of the molecule is FC(F)C(F)(F)CN1CCN(c2ncc(C(F)(F)F)s2)CC1. The third-order valence-electron chi connectivity index (χ3n) is 3.17. The molecule has 1 aliphatic rings. The van der Waals surface area contributed by atoms with Crippen LogP contribution in [0, 0.1) is 0 Å².